The molecule has 0 saturated heterocycles. The molecule has 3 aromatic rings. The predicted octanol–water partition coefficient (Wildman–Crippen LogP) is 2.97. The van der Waals surface area contributed by atoms with E-state index in [9.17, 15) is 0 Å². The van der Waals surface area contributed by atoms with Gasteiger partial charge < -0.3 is 9.73 Å². The van der Waals surface area contributed by atoms with Crippen molar-refractivity contribution in [1.29, 1.82) is 5.26 Å². The summed E-state index contributed by atoms with van der Waals surface area (Å²) in [4.78, 5) is 0. The SMILES string of the molecule is N#Cc1ccc(-n2nc(-c3ccco3)c3c2NCC3)cc1. The molecule has 2 aromatic heterocycles. The van der Waals surface area contributed by atoms with E-state index in [1.54, 1.807) is 18.4 Å². The maximum Gasteiger partial charge on any atom is 0.154 e. The number of benzene rings is 1. The Hall–Kier alpha value is -3.00. The minimum atomic E-state index is 0.641. The van der Waals surface area contributed by atoms with Gasteiger partial charge in [0.15, 0.2) is 5.76 Å². The molecule has 0 atom stereocenters. The lowest BCUT2D eigenvalue weighted by Crippen LogP contribution is -2.04. The van der Waals surface area contributed by atoms with Crippen molar-refractivity contribution in [3.05, 3.63) is 53.8 Å². The fourth-order valence-electron chi connectivity index (χ4n) is 2.65. The highest BCUT2D eigenvalue weighted by Crippen LogP contribution is 2.34. The number of nitrogens with one attached hydrogen (secondary N) is 1. The van der Waals surface area contributed by atoms with Gasteiger partial charge in [-0.05, 0) is 42.8 Å². The first kappa shape index (κ1) is 11.8. The van der Waals surface area contributed by atoms with Crippen molar-refractivity contribution in [3.63, 3.8) is 0 Å². The lowest BCUT2D eigenvalue weighted by Gasteiger charge is -2.06. The van der Waals surface area contributed by atoms with Crippen LogP contribution in [-0.2, 0) is 6.42 Å². The summed E-state index contributed by atoms with van der Waals surface area (Å²) in [6.07, 6.45) is 2.59. The van der Waals surface area contributed by atoms with Crippen LogP contribution in [0, 0.1) is 11.3 Å². The van der Waals surface area contributed by atoms with Crippen molar-refractivity contribution < 1.29 is 4.42 Å². The smallest absolute Gasteiger partial charge is 0.154 e. The Labute approximate surface area is 121 Å². The van der Waals surface area contributed by atoms with Crippen LogP contribution in [0.4, 0.5) is 5.82 Å². The van der Waals surface area contributed by atoms with Crippen molar-refractivity contribution in [2.24, 2.45) is 0 Å². The number of nitriles is 1. The van der Waals surface area contributed by atoms with Gasteiger partial charge in [-0.3, -0.25) is 0 Å². The molecule has 21 heavy (non-hydrogen) atoms. The van der Waals surface area contributed by atoms with Gasteiger partial charge in [0.25, 0.3) is 0 Å². The first-order chi connectivity index (χ1) is 10.4. The summed E-state index contributed by atoms with van der Waals surface area (Å²) >= 11 is 0. The molecule has 0 saturated carbocycles. The van der Waals surface area contributed by atoms with E-state index < -0.39 is 0 Å². The molecule has 5 nitrogen and oxygen atoms in total. The fraction of sp³-hybridized carbons (Fsp3) is 0.125. The van der Waals surface area contributed by atoms with Crippen molar-refractivity contribution in [3.8, 4) is 23.2 Å². The quantitative estimate of drug-likeness (QED) is 0.781. The zero-order valence-electron chi connectivity index (χ0n) is 11.2. The first-order valence-electron chi connectivity index (χ1n) is 6.77. The molecule has 3 heterocycles. The van der Waals surface area contributed by atoms with Crippen LogP contribution in [0.15, 0.2) is 47.1 Å². The molecule has 0 bridgehead atoms. The van der Waals surface area contributed by atoms with Gasteiger partial charge in [0.2, 0.25) is 0 Å². The molecule has 0 aliphatic carbocycles. The second kappa shape index (κ2) is 4.53. The Morgan fingerprint density at radius 1 is 1.24 bits per heavy atom. The molecular formula is C16H12N4O. The van der Waals surface area contributed by atoms with Crippen molar-refractivity contribution in [2.45, 2.75) is 6.42 Å². The lowest BCUT2D eigenvalue weighted by atomic mass is 10.1. The maximum atomic E-state index is 8.89. The minimum absolute atomic E-state index is 0.641. The molecule has 1 aliphatic rings. The lowest BCUT2D eigenvalue weighted by molar-refractivity contribution is 0.578. The second-order valence-electron chi connectivity index (χ2n) is 4.90. The fourth-order valence-corrected chi connectivity index (χ4v) is 2.65. The second-order valence-corrected chi connectivity index (χ2v) is 4.90. The normalized spacial score (nSPS) is 12.7. The van der Waals surface area contributed by atoms with Crippen LogP contribution in [-0.4, -0.2) is 16.3 Å². The molecule has 1 aliphatic heterocycles. The Morgan fingerprint density at radius 2 is 2.10 bits per heavy atom. The number of furan rings is 1. The van der Waals surface area contributed by atoms with Gasteiger partial charge in [-0.25, -0.2) is 4.68 Å². The third-order valence-electron chi connectivity index (χ3n) is 3.65. The standard InChI is InChI=1S/C16H12N4O/c17-10-11-3-5-12(6-4-11)20-16-13(7-8-18-16)15(19-20)14-2-1-9-21-14/h1-6,9,18H,7-8H2. The Kier molecular flexibility index (Phi) is 2.54. The van der Waals surface area contributed by atoms with Gasteiger partial charge in [-0.2, -0.15) is 10.4 Å². The van der Waals surface area contributed by atoms with E-state index in [-0.39, 0.29) is 0 Å². The summed E-state index contributed by atoms with van der Waals surface area (Å²) in [5.74, 6) is 1.79. The average molecular weight is 276 g/mol. The average Bonchev–Trinajstić information content (AvgIpc) is 3.24. The summed E-state index contributed by atoms with van der Waals surface area (Å²) in [7, 11) is 0. The van der Waals surface area contributed by atoms with Gasteiger partial charge in [0.1, 0.15) is 11.5 Å². The number of hydrogen-bond acceptors (Lipinski definition) is 4. The zero-order chi connectivity index (χ0) is 14.2. The van der Waals surface area contributed by atoms with Gasteiger partial charge in [-0.15, -0.1) is 0 Å². The van der Waals surface area contributed by atoms with E-state index in [1.165, 1.54) is 5.56 Å². The third-order valence-corrected chi connectivity index (χ3v) is 3.65. The van der Waals surface area contributed by atoms with Gasteiger partial charge >= 0.3 is 0 Å². The van der Waals surface area contributed by atoms with E-state index in [1.807, 2.05) is 28.9 Å². The Bertz CT molecular complexity index is 823. The molecule has 0 radical (unpaired) electrons. The maximum absolute atomic E-state index is 8.89. The highest BCUT2D eigenvalue weighted by Gasteiger charge is 2.25. The predicted molar refractivity (Wildman–Crippen MR) is 78.2 cm³/mol. The van der Waals surface area contributed by atoms with Crippen molar-refractivity contribution in [1.82, 2.24) is 9.78 Å². The highest BCUT2D eigenvalue weighted by molar-refractivity contribution is 5.69. The Balaban J connectivity index is 1.86. The summed E-state index contributed by atoms with van der Waals surface area (Å²) < 4.78 is 7.36. The number of nitrogens with zero attached hydrogens (tertiary/aromatic N) is 3. The van der Waals surface area contributed by atoms with E-state index in [0.29, 0.717) is 5.56 Å². The van der Waals surface area contributed by atoms with Crippen LogP contribution in [0.2, 0.25) is 0 Å². The van der Waals surface area contributed by atoms with Gasteiger partial charge in [-0.1, -0.05) is 0 Å². The largest absolute Gasteiger partial charge is 0.463 e. The van der Waals surface area contributed by atoms with Crippen LogP contribution in [0.25, 0.3) is 17.1 Å². The molecule has 5 heteroatoms. The van der Waals surface area contributed by atoms with Gasteiger partial charge in [0.05, 0.1) is 23.6 Å². The number of hydrogen-bond donors (Lipinski definition) is 1. The molecular weight excluding hydrogens is 264 g/mol. The minimum Gasteiger partial charge on any atom is -0.463 e. The summed E-state index contributed by atoms with van der Waals surface area (Å²) in [5, 5.41) is 16.9. The number of rotatable bonds is 2. The molecule has 0 unspecified atom stereocenters. The van der Waals surface area contributed by atoms with Crippen LogP contribution in [0.3, 0.4) is 0 Å². The molecule has 1 N–H and O–H groups in total. The summed E-state index contributed by atoms with van der Waals surface area (Å²) in [5.41, 5.74) is 3.62. The van der Waals surface area contributed by atoms with Crippen LogP contribution < -0.4 is 5.32 Å². The molecule has 0 amide bonds. The van der Waals surface area contributed by atoms with Crippen LogP contribution in [0.5, 0.6) is 0 Å². The number of aromatic nitrogens is 2. The molecule has 1 aromatic carbocycles. The zero-order valence-corrected chi connectivity index (χ0v) is 11.2. The first-order valence-corrected chi connectivity index (χ1v) is 6.77. The topological polar surface area (TPSA) is 66.8 Å². The molecule has 102 valence electrons. The third kappa shape index (κ3) is 1.81. The summed E-state index contributed by atoms with van der Waals surface area (Å²) in [6.45, 7) is 0.900. The molecule has 0 spiro atoms. The Morgan fingerprint density at radius 3 is 2.81 bits per heavy atom. The van der Waals surface area contributed by atoms with Crippen LogP contribution in [0.1, 0.15) is 11.1 Å². The number of anilines is 1. The van der Waals surface area contributed by atoms with E-state index >= 15 is 0 Å². The monoisotopic (exact) mass is 276 g/mol. The van der Waals surface area contributed by atoms with Crippen LogP contribution >= 0.6 is 0 Å². The molecule has 4 rings (SSSR count). The van der Waals surface area contributed by atoms with E-state index in [0.717, 1.165) is 35.9 Å². The van der Waals surface area contributed by atoms with E-state index in [2.05, 4.69) is 16.5 Å². The van der Waals surface area contributed by atoms with Crippen molar-refractivity contribution >= 4 is 5.82 Å². The summed E-state index contributed by atoms with van der Waals surface area (Å²) in [6, 6.07) is 13.3. The van der Waals surface area contributed by atoms with E-state index in [4.69, 9.17) is 9.68 Å². The highest BCUT2D eigenvalue weighted by atomic mass is 16.3. The van der Waals surface area contributed by atoms with Gasteiger partial charge in [0, 0.05) is 12.1 Å². The molecule has 0 fully saturated rings. The van der Waals surface area contributed by atoms with Crippen molar-refractivity contribution in [2.75, 3.05) is 11.9 Å². The number of fused-ring (bicyclic) bond motifs is 1.